The van der Waals surface area contributed by atoms with Crippen LogP contribution in [0.4, 0.5) is 0 Å². The molecule has 1 aliphatic carbocycles. The second-order valence-corrected chi connectivity index (χ2v) is 5.42. The number of carbonyl (C=O) groups is 2. The van der Waals surface area contributed by atoms with Crippen LogP contribution in [0.2, 0.25) is 0 Å². The van der Waals surface area contributed by atoms with Gasteiger partial charge in [0.2, 0.25) is 5.91 Å². The smallest absolute Gasteiger partial charge is 0.320 e. The van der Waals surface area contributed by atoms with Gasteiger partial charge in [0.25, 0.3) is 0 Å². The highest BCUT2D eigenvalue weighted by atomic mass is 16.4. The van der Waals surface area contributed by atoms with Crippen LogP contribution in [0.1, 0.15) is 26.2 Å². The number of nitrogens with zero attached hydrogens (tertiary/aromatic N) is 2. The van der Waals surface area contributed by atoms with Crippen LogP contribution in [0.15, 0.2) is 0 Å². The molecule has 108 valence electrons. The molecule has 2 aliphatic rings. The molecule has 1 saturated heterocycles. The number of carboxylic acids is 1. The molecule has 1 heterocycles. The SMILES string of the molecule is CCC(C(=O)O)N1CCN(CC(=O)NC2CC2)CC1. The number of rotatable bonds is 6. The molecule has 1 atom stereocenters. The van der Waals surface area contributed by atoms with Crippen LogP contribution in [0.25, 0.3) is 0 Å². The molecule has 2 rings (SSSR count). The summed E-state index contributed by atoms with van der Waals surface area (Å²) >= 11 is 0. The van der Waals surface area contributed by atoms with Crippen LogP contribution in [0, 0.1) is 0 Å². The highest BCUT2D eigenvalue weighted by Gasteiger charge is 2.29. The lowest BCUT2D eigenvalue weighted by Gasteiger charge is -2.37. The first-order chi connectivity index (χ1) is 9.10. The summed E-state index contributed by atoms with van der Waals surface area (Å²) in [6.45, 7) is 5.31. The predicted molar refractivity (Wildman–Crippen MR) is 70.9 cm³/mol. The molecule has 0 aromatic rings. The van der Waals surface area contributed by atoms with Crippen LogP contribution in [0.5, 0.6) is 0 Å². The molecule has 0 radical (unpaired) electrons. The van der Waals surface area contributed by atoms with Gasteiger partial charge in [-0.15, -0.1) is 0 Å². The Balaban J connectivity index is 1.72. The average Bonchev–Trinajstić information content (AvgIpc) is 3.15. The van der Waals surface area contributed by atoms with Crippen LogP contribution >= 0.6 is 0 Å². The third-order valence-electron chi connectivity index (χ3n) is 3.83. The van der Waals surface area contributed by atoms with Crippen molar-refractivity contribution in [2.45, 2.75) is 38.3 Å². The number of piperazine rings is 1. The lowest BCUT2D eigenvalue weighted by molar-refractivity contribution is -0.144. The Morgan fingerprint density at radius 1 is 1.26 bits per heavy atom. The van der Waals surface area contributed by atoms with E-state index in [0.717, 1.165) is 39.0 Å². The summed E-state index contributed by atoms with van der Waals surface area (Å²) in [5, 5.41) is 12.1. The number of aliphatic carboxylic acids is 1. The summed E-state index contributed by atoms with van der Waals surface area (Å²) in [7, 11) is 0. The topological polar surface area (TPSA) is 72.9 Å². The Hall–Kier alpha value is -1.14. The van der Waals surface area contributed by atoms with E-state index in [2.05, 4.69) is 10.2 Å². The molecule has 0 aromatic carbocycles. The van der Waals surface area contributed by atoms with Gasteiger partial charge in [-0.3, -0.25) is 19.4 Å². The molecule has 2 N–H and O–H groups in total. The fourth-order valence-electron chi connectivity index (χ4n) is 2.53. The first kappa shape index (κ1) is 14.3. The van der Waals surface area contributed by atoms with E-state index in [1.165, 1.54) is 0 Å². The van der Waals surface area contributed by atoms with Gasteiger partial charge in [0, 0.05) is 32.2 Å². The van der Waals surface area contributed by atoms with Gasteiger partial charge in [-0.1, -0.05) is 6.92 Å². The lowest BCUT2D eigenvalue weighted by atomic mass is 10.1. The molecule has 19 heavy (non-hydrogen) atoms. The fourth-order valence-corrected chi connectivity index (χ4v) is 2.53. The number of amides is 1. The molecule has 1 unspecified atom stereocenters. The van der Waals surface area contributed by atoms with Crippen molar-refractivity contribution in [1.29, 1.82) is 0 Å². The molecule has 6 heteroatoms. The third kappa shape index (κ3) is 4.18. The minimum absolute atomic E-state index is 0.0984. The predicted octanol–water partition coefficient (Wildman–Crippen LogP) is -0.254. The Morgan fingerprint density at radius 3 is 2.37 bits per heavy atom. The van der Waals surface area contributed by atoms with E-state index in [9.17, 15) is 9.59 Å². The van der Waals surface area contributed by atoms with Crippen molar-refractivity contribution in [3.63, 3.8) is 0 Å². The van der Waals surface area contributed by atoms with Crippen molar-refractivity contribution in [1.82, 2.24) is 15.1 Å². The van der Waals surface area contributed by atoms with Gasteiger partial charge in [0.1, 0.15) is 6.04 Å². The summed E-state index contributed by atoms with van der Waals surface area (Å²) in [6, 6.07) is 0.0210. The van der Waals surface area contributed by atoms with E-state index in [4.69, 9.17) is 5.11 Å². The van der Waals surface area contributed by atoms with Gasteiger partial charge >= 0.3 is 5.97 Å². The summed E-state index contributed by atoms with van der Waals surface area (Å²) in [5.74, 6) is -0.649. The largest absolute Gasteiger partial charge is 0.480 e. The van der Waals surface area contributed by atoms with Crippen LogP contribution in [0.3, 0.4) is 0 Å². The highest BCUT2D eigenvalue weighted by Crippen LogP contribution is 2.18. The highest BCUT2D eigenvalue weighted by molar-refractivity contribution is 5.78. The number of hydrogen-bond donors (Lipinski definition) is 2. The zero-order valence-electron chi connectivity index (χ0n) is 11.5. The van der Waals surface area contributed by atoms with Gasteiger partial charge in [0.05, 0.1) is 6.54 Å². The number of nitrogens with one attached hydrogen (secondary N) is 1. The average molecular weight is 269 g/mol. The van der Waals surface area contributed by atoms with Gasteiger partial charge in [-0.2, -0.15) is 0 Å². The van der Waals surface area contributed by atoms with Crippen molar-refractivity contribution < 1.29 is 14.7 Å². The van der Waals surface area contributed by atoms with Gasteiger partial charge in [-0.05, 0) is 19.3 Å². The maximum Gasteiger partial charge on any atom is 0.320 e. The number of carbonyl (C=O) groups excluding carboxylic acids is 1. The maximum absolute atomic E-state index is 11.7. The molecule has 6 nitrogen and oxygen atoms in total. The lowest BCUT2D eigenvalue weighted by Crippen LogP contribution is -2.54. The Kier molecular flexibility index (Phi) is 4.76. The van der Waals surface area contributed by atoms with Crippen molar-refractivity contribution in [3.8, 4) is 0 Å². The zero-order chi connectivity index (χ0) is 13.8. The molecule has 0 aromatic heterocycles. The van der Waals surface area contributed by atoms with Gasteiger partial charge < -0.3 is 10.4 Å². The minimum Gasteiger partial charge on any atom is -0.480 e. The second kappa shape index (κ2) is 6.34. The Bertz CT molecular complexity index is 336. The molecule has 1 saturated carbocycles. The van der Waals surface area contributed by atoms with Crippen molar-refractivity contribution in [2.24, 2.45) is 0 Å². The molecule has 1 amide bonds. The molecule has 2 fully saturated rings. The Labute approximate surface area is 113 Å². The summed E-state index contributed by atoms with van der Waals surface area (Å²) < 4.78 is 0. The van der Waals surface area contributed by atoms with E-state index < -0.39 is 5.97 Å². The Morgan fingerprint density at radius 2 is 1.89 bits per heavy atom. The zero-order valence-corrected chi connectivity index (χ0v) is 11.5. The van der Waals surface area contributed by atoms with Crippen LogP contribution in [-0.2, 0) is 9.59 Å². The van der Waals surface area contributed by atoms with Crippen molar-refractivity contribution in [2.75, 3.05) is 32.7 Å². The maximum atomic E-state index is 11.7. The van der Waals surface area contributed by atoms with Crippen LogP contribution in [-0.4, -0.2) is 71.6 Å². The quantitative estimate of drug-likeness (QED) is 0.695. The van der Waals surface area contributed by atoms with E-state index in [1.807, 2.05) is 11.8 Å². The summed E-state index contributed by atoms with van der Waals surface area (Å²) in [4.78, 5) is 26.9. The van der Waals surface area contributed by atoms with Crippen molar-refractivity contribution in [3.05, 3.63) is 0 Å². The summed E-state index contributed by atoms with van der Waals surface area (Å²) in [6.07, 6.45) is 2.84. The standard InChI is InChI=1S/C13H23N3O3/c1-2-11(13(18)19)16-7-5-15(6-8-16)9-12(17)14-10-3-4-10/h10-11H,2-9H2,1H3,(H,14,17)(H,18,19). The molecule has 1 aliphatic heterocycles. The number of hydrogen-bond acceptors (Lipinski definition) is 4. The van der Waals surface area contributed by atoms with Crippen molar-refractivity contribution >= 4 is 11.9 Å². The minimum atomic E-state index is -0.748. The van der Waals surface area contributed by atoms with E-state index in [-0.39, 0.29) is 11.9 Å². The fraction of sp³-hybridized carbons (Fsp3) is 0.846. The molecule has 0 bridgehead atoms. The normalized spacial score (nSPS) is 23.0. The molecule has 0 spiro atoms. The number of carboxylic acid groups (broad SMARTS) is 1. The molecular formula is C13H23N3O3. The van der Waals surface area contributed by atoms with E-state index in [0.29, 0.717) is 19.0 Å². The molecular weight excluding hydrogens is 246 g/mol. The first-order valence-corrected chi connectivity index (χ1v) is 7.08. The van der Waals surface area contributed by atoms with E-state index >= 15 is 0 Å². The monoisotopic (exact) mass is 269 g/mol. The first-order valence-electron chi connectivity index (χ1n) is 7.08. The summed E-state index contributed by atoms with van der Waals surface area (Å²) in [5.41, 5.74) is 0. The van der Waals surface area contributed by atoms with E-state index in [1.54, 1.807) is 0 Å². The third-order valence-corrected chi connectivity index (χ3v) is 3.83. The van der Waals surface area contributed by atoms with Gasteiger partial charge in [0.15, 0.2) is 0 Å². The van der Waals surface area contributed by atoms with Gasteiger partial charge in [-0.25, -0.2) is 0 Å². The van der Waals surface area contributed by atoms with Crippen LogP contribution < -0.4 is 5.32 Å². The second-order valence-electron chi connectivity index (χ2n) is 5.42.